The lowest BCUT2D eigenvalue weighted by molar-refractivity contribution is -0.149. The molecule has 0 aliphatic heterocycles. The zero-order chi connectivity index (χ0) is 22.1. The number of carbonyl (C=O) groups excluding carboxylic acids is 3. The minimum Gasteiger partial charge on any atom is -0.454 e. The molecule has 0 aliphatic carbocycles. The van der Waals surface area contributed by atoms with Crippen LogP contribution in [0.1, 0.15) is 36.2 Å². The van der Waals surface area contributed by atoms with Crippen molar-refractivity contribution in [3.05, 3.63) is 64.7 Å². The average molecular weight is 428 g/mol. The summed E-state index contributed by atoms with van der Waals surface area (Å²) in [5, 5.41) is 14.5. The van der Waals surface area contributed by atoms with Crippen molar-refractivity contribution < 1.29 is 19.1 Å². The summed E-state index contributed by atoms with van der Waals surface area (Å²) in [4.78, 5) is 36.9. The highest BCUT2D eigenvalue weighted by Crippen LogP contribution is 2.12. The van der Waals surface area contributed by atoms with Crippen LogP contribution in [-0.2, 0) is 14.3 Å². The van der Waals surface area contributed by atoms with Crippen LogP contribution in [0.15, 0.2) is 48.5 Å². The Morgan fingerprint density at radius 2 is 1.70 bits per heavy atom. The minimum atomic E-state index is -0.893. The van der Waals surface area contributed by atoms with E-state index in [1.54, 1.807) is 48.5 Å². The molecule has 2 N–H and O–H groups in total. The Hall–Kier alpha value is -3.37. The normalized spacial score (nSPS) is 11.3. The molecule has 2 rings (SSSR count). The van der Waals surface area contributed by atoms with Crippen molar-refractivity contribution in [2.24, 2.45) is 5.92 Å². The zero-order valence-electron chi connectivity index (χ0n) is 16.6. The van der Waals surface area contributed by atoms with Crippen molar-refractivity contribution in [3.8, 4) is 6.07 Å². The fraction of sp³-hybridized carbons (Fsp3) is 0.273. The smallest absolute Gasteiger partial charge is 0.329 e. The van der Waals surface area contributed by atoms with Gasteiger partial charge >= 0.3 is 5.97 Å². The van der Waals surface area contributed by atoms with Gasteiger partial charge in [-0.1, -0.05) is 25.4 Å². The summed E-state index contributed by atoms with van der Waals surface area (Å²) in [6, 6.07) is 13.6. The molecule has 1 atom stereocenters. The Bertz CT molecular complexity index is 934. The first kappa shape index (κ1) is 22.9. The Kier molecular flexibility index (Phi) is 8.39. The van der Waals surface area contributed by atoms with Gasteiger partial charge in [-0.25, -0.2) is 4.79 Å². The van der Waals surface area contributed by atoms with E-state index in [1.807, 2.05) is 19.9 Å². The summed E-state index contributed by atoms with van der Waals surface area (Å²) in [6.45, 7) is 3.32. The third kappa shape index (κ3) is 7.22. The maximum Gasteiger partial charge on any atom is 0.329 e. The second-order valence-electron chi connectivity index (χ2n) is 7.01. The Morgan fingerprint density at radius 1 is 1.07 bits per heavy atom. The Labute approximate surface area is 180 Å². The Morgan fingerprint density at radius 3 is 2.27 bits per heavy atom. The summed E-state index contributed by atoms with van der Waals surface area (Å²) in [5.74, 6) is -1.54. The SMILES string of the molecule is CC(C)CC(NC(=O)c1ccc(Cl)cc1)C(=O)OCC(=O)Nc1ccc(C#N)cc1. The number of nitrogens with one attached hydrogen (secondary N) is 2. The van der Waals surface area contributed by atoms with Crippen molar-refractivity contribution >= 4 is 35.1 Å². The first-order valence-electron chi connectivity index (χ1n) is 9.31. The van der Waals surface area contributed by atoms with E-state index in [0.29, 0.717) is 28.3 Å². The van der Waals surface area contributed by atoms with Crippen molar-refractivity contribution in [2.75, 3.05) is 11.9 Å². The van der Waals surface area contributed by atoms with Crippen LogP contribution in [0.5, 0.6) is 0 Å². The fourth-order valence-electron chi connectivity index (χ4n) is 2.59. The number of carbonyl (C=O) groups is 3. The highest BCUT2D eigenvalue weighted by atomic mass is 35.5. The van der Waals surface area contributed by atoms with E-state index in [0.717, 1.165) is 0 Å². The van der Waals surface area contributed by atoms with Gasteiger partial charge in [-0.2, -0.15) is 5.26 Å². The van der Waals surface area contributed by atoms with Crippen LogP contribution in [0.25, 0.3) is 0 Å². The van der Waals surface area contributed by atoms with Crippen LogP contribution in [0.4, 0.5) is 5.69 Å². The molecule has 1 unspecified atom stereocenters. The number of amides is 2. The van der Waals surface area contributed by atoms with Crippen LogP contribution >= 0.6 is 11.6 Å². The molecule has 0 saturated carbocycles. The number of benzene rings is 2. The van der Waals surface area contributed by atoms with Crippen molar-refractivity contribution in [1.82, 2.24) is 5.32 Å². The summed E-state index contributed by atoms with van der Waals surface area (Å²) in [7, 11) is 0. The molecular formula is C22H22ClN3O4. The van der Waals surface area contributed by atoms with Crippen LogP contribution in [0, 0.1) is 17.2 Å². The van der Waals surface area contributed by atoms with Crippen LogP contribution in [-0.4, -0.2) is 30.4 Å². The van der Waals surface area contributed by atoms with E-state index in [4.69, 9.17) is 21.6 Å². The van der Waals surface area contributed by atoms with Gasteiger partial charge in [-0.3, -0.25) is 9.59 Å². The van der Waals surface area contributed by atoms with Gasteiger partial charge in [0.25, 0.3) is 11.8 Å². The molecule has 0 aliphatic rings. The first-order chi connectivity index (χ1) is 14.3. The van der Waals surface area contributed by atoms with Crippen LogP contribution in [0.2, 0.25) is 5.02 Å². The molecule has 8 heteroatoms. The molecule has 0 radical (unpaired) electrons. The highest BCUT2D eigenvalue weighted by molar-refractivity contribution is 6.30. The van der Waals surface area contributed by atoms with Crippen molar-refractivity contribution in [3.63, 3.8) is 0 Å². The molecule has 0 spiro atoms. The third-order valence-electron chi connectivity index (χ3n) is 4.05. The van der Waals surface area contributed by atoms with Gasteiger partial charge in [0.1, 0.15) is 6.04 Å². The molecule has 30 heavy (non-hydrogen) atoms. The molecule has 0 aromatic heterocycles. The monoisotopic (exact) mass is 427 g/mol. The summed E-state index contributed by atoms with van der Waals surface area (Å²) >= 11 is 5.83. The second kappa shape index (κ2) is 11.0. The van der Waals surface area contributed by atoms with Gasteiger partial charge in [0.15, 0.2) is 6.61 Å². The second-order valence-corrected chi connectivity index (χ2v) is 7.44. The number of rotatable bonds is 8. The molecule has 0 fully saturated rings. The summed E-state index contributed by atoms with van der Waals surface area (Å²) in [6.07, 6.45) is 0.357. The maximum atomic E-state index is 12.5. The van der Waals surface area contributed by atoms with Gasteiger partial charge in [-0.15, -0.1) is 0 Å². The first-order valence-corrected chi connectivity index (χ1v) is 9.69. The number of ether oxygens (including phenoxy) is 1. The van der Waals surface area contributed by atoms with E-state index in [2.05, 4.69) is 10.6 Å². The molecule has 2 aromatic carbocycles. The lowest BCUT2D eigenvalue weighted by Crippen LogP contribution is -2.43. The van der Waals surface area contributed by atoms with Crippen LogP contribution in [0.3, 0.4) is 0 Å². The molecule has 156 valence electrons. The summed E-state index contributed by atoms with van der Waals surface area (Å²) in [5.41, 5.74) is 1.30. The van der Waals surface area contributed by atoms with Gasteiger partial charge in [0.05, 0.1) is 11.6 Å². The third-order valence-corrected chi connectivity index (χ3v) is 4.30. The van der Waals surface area contributed by atoms with E-state index < -0.39 is 30.4 Å². The van der Waals surface area contributed by atoms with E-state index in [-0.39, 0.29) is 5.92 Å². The minimum absolute atomic E-state index is 0.112. The van der Waals surface area contributed by atoms with Gasteiger partial charge in [0, 0.05) is 16.3 Å². The van der Waals surface area contributed by atoms with E-state index in [9.17, 15) is 14.4 Å². The number of hydrogen-bond acceptors (Lipinski definition) is 5. The van der Waals surface area contributed by atoms with Gasteiger partial charge in [0.2, 0.25) is 0 Å². The fourth-order valence-corrected chi connectivity index (χ4v) is 2.72. The van der Waals surface area contributed by atoms with Crippen molar-refractivity contribution in [1.29, 1.82) is 5.26 Å². The zero-order valence-corrected chi connectivity index (χ0v) is 17.4. The molecule has 0 saturated heterocycles. The topological polar surface area (TPSA) is 108 Å². The molecule has 2 amide bonds. The largest absolute Gasteiger partial charge is 0.454 e. The van der Waals surface area contributed by atoms with Gasteiger partial charge < -0.3 is 15.4 Å². The number of hydrogen-bond donors (Lipinski definition) is 2. The molecule has 2 aromatic rings. The predicted molar refractivity (Wildman–Crippen MR) is 113 cm³/mol. The standard InChI is InChI=1S/C22H22ClN3O4/c1-14(2)11-19(26-21(28)16-5-7-17(23)8-6-16)22(29)30-13-20(27)25-18-9-3-15(12-24)4-10-18/h3-10,14,19H,11,13H2,1-2H3,(H,25,27)(H,26,28). The number of esters is 1. The number of nitriles is 1. The highest BCUT2D eigenvalue weighted by Gasteiger charge is 2.24. The van der Waals surface area contributed by atoms with E-state index in [1.165, 1.54) is 0 Å². The summed E-state index contributed by atoms with van der Waals surface area (Å²) < 4.78 is 5.10. The number of halogens is 1. The van der Waals surface area contributed by atoms with Gasteiger partial charge in [-0.05, 0) is 60.9 Å². The molecule has 0 heterocycles. The lowest BCUT2D eigenvalue weighted by atomic mass is 10.0. The quantitative estimate of drug-likeness (QED) is 0.626. The Balaban J connectivity index is 1.93. The molecule has 7 nitrogen and oxygen atoms in total. The molecular weight excluding hydrogens is 406 g/mol. The number of nitrogens with zero attached hydrogens (tertiary/aromatic N) is 1. The predicted octanol–water partition coefficient (Wildman–Crippen LogP) is 3.54. The van der Waals surface area contributed by atoms with E-state index >= 15 is 0 Å². The maximum absolute atomic E-state index is 12.5. The average Bonchev–Trinajstić information content (AvgIpc) is 2.72. The van der Waals surface area contributed by atoms with Crippen molar-refractivity contribution in [2.45, 2.75) is 26.3 Å². The molecule has 0 bridgehead atoms. The lowest BCUT2D eigenvalue weighted by Gasteiger charge is -2.19. The van der Waals surface area contributed by atoms with Crippen LogP contribution < -0.4 is 10.6 Å². The number of anilines is 1.